The molecule has 2 nitrogen and oxygen atoms in total. The summed E-state index contributed by atoms with van der Waals surface area (Å²) in [5, 5.41) is 3.77. The van der Waals surface area contributed by atoms with E-state index in [2.05, 4.69) is 19.2 Å². The third-order valence-electron chi connectivity index (χ3n) is 4.79. The second-order valence-electron chi connectivity index (χ2n) is 6.38. The molecular weight excluding hydrogens is 285 g/mol. The topological polar surface area (TPSA) is 21.3 Å². The summed E-state index contributed by atoms with van der Waals surface area (Å²) < 4.78 is 19.5. The SMILES string of the molecule is CCC1(C)CC(NC2CCSc3ccc(F)cc32)CCO1. The first-order valence-electron chi connectivity index (χ1n) is 7.92. The van der Waals surface area contributed by atoms with Gasteiger partial charge in [-0.2, -0.15) is 0 Å². The molecule has 0 aliphatic carbocycles. The van der Waals surface area contributed by atoms with E-state index in [4.69, 9.17) is 4.74 Å². The van der Waals surface area contributed by atoms with E-state index in [1.165, 1.54) is 4.90 Å². The first-order valence-corrected chi connectivity index (χ1v) is 8.90. The molecule has 1 fully saturated rings. The summed E-state index contributed by atoms with van der Waals surface area (Å²) in [5.41, 5.74) is 1.13. The minimum atomic E-state index is -0.131. The van der Waals surface area contributed by atoms with Crippen molar-refractivity contribution in [1.29, 1.82) is 0 Å². The van der Waals surface area contributed by atoms with Crippen LogP contribution in [0.5, 0.6) is 0 Å². The fourth-order valence-electron chi connectivity index (χ4n) is 3.34. The maximum atomic E-state index is 13.6. The van der Waals surface area contributed by atoms with E-state index in [-0.39, 0.29) is 17.5 Å². The predicted octanol–water partition coefficient (Wildman–Crippen LogP) is 4.30. The fourth-order valence-corrected chi connectivity index (χ4v) is 4.45. The van der Waals surface area contributed by atoms with Crippen LogP contribution in [0.4, 0.5) is 4.39 Å². The zero-order valence-corrected chi connectivity index (χ0v) is 13.6. The first-order chi connectivity index (χ1) is 10.1. The molecular formula is C17H24FNOS. The number of benzene rings is 1. The summed E-state index contributed by atoms with van der Waals surface area (Å²) in [6.07, 6.45) is 4.19. The molecule has 1 aromatic carbocycles. The molecule has 3 unspecified atom stereocenters. The molecule has 21 heavy (non-hydrogen) atoms. The highest BCUT2D eigenvalue weighted by atomic mass is 32.2. The fraction of sp³-hybridized carbons (Fsp3) is 0.647. The van der Waals surface area contributed by atoms with Crippen LogP contribution in [-0.2, 0) is 4.74 Å². The second kappa shape index (κ2) is 6.27. The Morgan fingerprint density at radius 1 is 1.43 bits per heavy atom. The van der Waals surface area contributed by atoms with Crippen LogP contribution in [0.1, 0.15) is 51.1 Å². The number of fused-ring (bicyclic) bond motifs is 1. The van der Waals surface area contributed by atoms with Gasteiger partial charge in [-0.3, -0.25) is 0 Å². The van der Waals surface area contributed by atoms with Gasteiger partial charge in [-0.05, 0) is 62.1 Å². The Bertz CT molecular complexity index is 510. The van der Waals surface area contributed by atoms with Crippen molar-refractivity contribution in [3.63, 3.8) is 0 Å². The van der Waals surface area contributed by atoms with Crippen molar-refractivity contribution in [1.82, 2.24) is 5.32 Å². The monoisotopic (exact) mass is 309 g/mol. The van der Waals surface area contributed by atoms with Crippen LogP contribution in [0.25, 0.3) is 0 Å². The van der Waals surface area contributed by atoms with Gasteiger partial charge in [0.25, 0.3) is 0 Å². The van der Waals surface area contributed by atoms with Gasteiger partial charge in [-0.25, -0.2) is 4.39 Å². The lowest BCUT2D eigenvalue weighted by Gasteiger charge is -2.40. The van der Waals surface area contributed by atoms with Crippen LogP contribution in [0.2, 0.25) is 0 Å². The van der Waals surface area contributed by atoms with E-state index >= 15 is 0 Å². The van der Waals surface area contributed by atoms with Crippen LogP contribution in [0.15, 0.2) is 23.1 Å². The minimum Gasteiger partial charge on any atom is -0.375 e. The minimum absolute atomic E-state index is 0.00982. The van der Waals surface area contributed by atoms with Gasteiger partial charge in [0, 0.05) is 23.6 Å². The molecule has 2 aliphatic heterocycles. The quantitative estimate of drug-likeness (QED) is 0.899. The molecule has 1 aromatic rings. The maximum absolute atomic E-state index is 13.6. The molecule has 3 atom stereocenters. The van der Waals surface area contributed by atoms with E-state index in [1.807, 2.05) is 17.8 Å². The molecule has 1 saturated heterocycles. The molecule has 0 aromatic heterocycles. The Morgan fingerprint density at radius 3 is 3.10 bits per heavy atom. The van der Waals surface area contributed by atoms with Crippen molar-refractivity contribution in [2.24, 2.45) is 0 Å². The lowest BCUT2D eigenvalue weighted by molar-refractivity contribution is -0.0792. The molecule has 2 aliphatic rings. The van der Waals surface area contributed by atoms with Crippen LogP contribution in [0, 0.1) is 5.82 Å². The van der Waals surface area contributed by atoms with Gasteiger partial charge in [0.2, 0.25) is 0 Å². The number of halogens is 1. The van der Waals surface area contributed by atoms with E-state index in [0.29, 0.717) is 6.04 Å². The van der Waals surface area contributed by atoms with E-state index < -0.39 is 0 Å². The molecule has 1 N–H and O–H groups in total. The van der Waals surface area contributed by atoms with E-state index in [1.54, 1.807) is 12.1 Å². The van der Waals surface area contributed by atoms with Crippen molar-refractivity contribution in [3.8, 4) is 0 Å². The second-order valence-corrected chi connectivity index (χ2v) is 7.52. The molecule has 2 heterocycles. The Hall–Kier alpha value is -0.580. The van der Waals surface area contributed by atoms with Crippen LogP contribution in [-0.4, -0.2) is 24.0 Å². The lowest BCUT2D eigenvalue weighted by atomic mass is 9.89. The van der Waals surface area contributed by atoms with Gasteiger partial charge in [-0.1, -0.05) is 6.92 Å². The van der Waals surface area contributed by atoms with Crippen molar-refractivity contribution < 1.29 is 9.13 Å². The highest BCUT2D eigenvalue weighted by Crippen LogP contribution is 2.38. The summed E-state index contributed by atoms with van der Waals surface area (Å²) in [6.45, 7) is 5.20. The average molecular weight is 309 g/mol. The number of hydrogen-bond acceptors (Lipinski definition) is 3. The summed E-state index contributed by atoms with van der Waals surface area (Å²) >= 11 is 1.84. The van der Waals surface area contributed by atoms with E-state index in [0.717, 1.165) is 43.6 Å². The zero-order chi connectivity index (χ0) is 14.9. The molecule has 0 saturated carbocycles. The highest BCUT2D eigenvalue weighted by molar-refractivity contribution is 7.99. The largest absolute Gasteiger partial charge is 0.375 e. The van der Waals surface area contributed by atoms with Gasteiger partial charge in [-0.15, -0.1) is 11.8 Å². The Kier molecular flexibility index (Phi) is 4.57. The molecule has 0 spiro atoms. The number of rotatable bonds is 3. The molecule has 3 rings (SSSR count). The zero-order valence-electron chi connectivity index (χ0n) is 12.8. The van der Waals surface area contributed by atoms with Crippen LogP contribution < -0.4 is 5.32 Å². The summed E-state index contributed by atoms with van der Waals surface area (Å²) in [4.78, 5) is 1.23. The van der Waals surface area contributed by atoms with Gasteiger partial charge >= 0.3 is 0 Å². The smallest absolute Gasteiger partial charge is 0.123 e. The lowest BCUT2D eigenvalue weighted by Crippen LogP contribution is -2.46. The van der Waals surface area contributed by atoms with Crippen molar-refractivity contribution >= 4 is 11.8 Å². The normalized spacial score (nSPS) is 32.7. The molecule has 116 valence electrons. The number of hydrogen-bond donors (Lipinski definition) is 1. The van der Waals surface area contributed by atoms with Gasteiger partial charge in [0.05, 0.1) is 5.60 Å². The number of nitrogens with one attached hydrogen (secondary N) is 1. The molecule has 4 heteroatoms. The number of ether oxygens (including phenoxy) is 1. The predicted molar refractivity (Wildman–Crippen MR) is 85.3 cm³/mol. The van der Waals surface area contributed by atoms with Crippen molar-refractivity contribution in [2.75, 3.05) is 12.4 Å². The highest BCUT2D eigenvalue weighted by Gasteiger charge is 2.33. The van der Waals surface area contributed by atoms with Gasteiger partial charge in [0.1, 0.15) is 5.82 Å². The van der Waals surface area contributed by atoms with Crippen LogP contribution >= 0.6 is 11.8 Å². The van der Waals surface area contributed by atoms with E-state index in [9.17, 15) is 4.39 Å². The molecule has 0 bridgehead atoms. The van der Waals surface area contributed by atoms with Crippen LogP contribution in [0.3, 0.4) is 0 Å². The maximum Gasteiger partial charge on any atom is 0.123 e. The summed E-state index contributed by atoms with van der Waals surface area (Å²) in [6, 6.07) is 5.94. The Balaban J connectivity index is 1.73. The van der Waals surface area contributed by atoms with Crippen molar-refractivity contribution in [3.05, 3.63) is 29.6 Å². The molecule has 0 amide bonds. The van der Waals surface area contributed by atoms with Crippen molar-refractivity contribution in [2.45, 2.75) is 62.1 Å². The third-order valence-corrected chi connectivity index (χ3v) is 5.91. The number of thioether (sulfide) groups is 1. The van der Waals surface area contributed by atoms with Gasteiger partial charge < -0.3 is 10.1 Å². The third kappa shape index (κ3) is 3.43. The first kappa shape index (κ1) is 15.3. The average Bonchev–Trinajstić information content (AvgIpc) is 2.48. The Labute approximate surface area is 130 Å². The Morgan fingerprint density at radius 2 is 2.29 bits per heavy atom. The molecule has 0 radical (unpaired) electrons. The summed E-state index contributed by atoms with van der Waals surface area (Å²) in [7, 11) is 0. The standard InChI is InChI=1S/C17H24FNOS/c1-3-17(2)11-13(6-8-20-17)19-15-7-9-21-16-5-4-12(18)10-14(15)16/h4-5,10,13,15,19H,3,6-9,11H2,1-2H3. The summed E-state index contributed by atoms with van der Waals surface area (Å²) in [5.74, 6) is 0.971. The van der Waals surface area contributed by atoms with Gasteiger partial charge in [0.15, 0.2) is 0 Å².